The van der Waals surface area contributed by atoms with Crippen molar-refractivity contribution in [3.8, 4) is 23.0 Å². The average molecular weight is 407 g/mol. The number of carbonyl (C=O) groups is 2. The first-order valence-electron chi connectivity index (χ1n) is 9.11. The van der Waals surface area contributed by atoms with Gasteiger partial charge in [0.15, 0.2) is 12.4 Å². The number of amides is 1. The Morgan fingerprint density at radius 1 is 0.800 bits per heavy atom. The van der Waals surface area contributed by atoms with Crippen LogP contribution in [0.3, 0.4) is 0 Å². The lowest BCUT2D eigenvalue weighted by molar-refractivity contribution is -0.119. The van der Waals surface area contributed by atoms with Gasteiger partial charge in [0.05, 0.1) is 19.9 Å². The molecule has 0 atom stereocenters. The van der Waals surface area contributed by atoms with E-state index in [-0.39, 0.29) is 5.56 Å². The summed E-state index contributed by atoms with van der Waals surface area (Å²) in [6.07, 6.45) is 0. The number of rotatable bonds is 8. The molecule has 3 aromatic rings. The van der Waals surface area contributed by atoms with Gasteiger partial charge in [-0.25, -0.2) is 4.79 Å². The highest BCUT2D eigenvalue weighted by atomic mass is 16.5. The van der Waals surface area contributed by atoms with Crippen molar-refractivity contribution in [1.29, 1.82) is 0 Å². The molecule has 0 aliphatic carbocycles. The van der Waals surface area contributed by atoms with Crippen LogP contribution in [-0.4, -0.2) is 32.7 Å². The topological polar surface area (TPSA) is 83.1 Å². The lowest BCUT2D eigenvalue weighted by atomic mass is 10.2. The smallest absolute Gasteiger partial charge is 0.342 e. The maximum absolute atomic E-state index is 12.4. The molecule has 7 nitrogen and oxygen atoms in total. The van der Waals surface area contributed by atoms with Crippen molar-refractivity contribution in [2.75, 3.05) is 26.1 Å². The summed E-state index contributed by atoms with van der Waals surface area (Å²) in [7, 11) is 2.92. The summed E-state index contributed by atoms with van der Waals surface area (Å²) in [5.41, 5.74) is 0.624. The van der Waals surface area contributed by atoms with Crippen LogP contribution >= 0.6 is 0 Å². The lowest BCUT2D eigenvalue weighted by Crippen LogP contribution is -2.21. The van der Waals surface area contributed by atoms with Crippen LogP contribution in [0.4, 0.5) is 5.69 Å². The Morgan fingerprint density at radius 2 is 1.53 bits per heavy atom. The standard InChI is InChI=1S/C23H21NO6/c1-27-17-12-13-20(28-2)18(14-17)23(26)29-15-22(25)24-19-10-6-7-11-21(19)30-16-8-4-3-5-9-16/h3-14H,15H2,1-2H3,(H,24,25). The van der Waals surface area contributed by atoms with Gasteiger partial charge < -0.3 is 24.3 Å². The number of anilines is 1. The van der Waals surface area contributed by atoms with E-state index < -0.39 is 18.5 Å². The van der Waals surface area contributed by atoms with Crippen molar-refractivity contribution in [3.63, 3.8) is 0 Å². The first kappa shape index (κ1) is 20.7. The number of nitrogens with one attached hydrogen (secondary N) is 1. The van der Waals surface area contributed by atoms with E-state index in [2.05, 4.69) is 5.32 Å². The summed E-state index contributed by atoms with van der Waals surface area (Å²) in [6.45, 7) is -0.473. The highest BCUT2D eigenvalue weighted by molar-refractivity contribution is 5.97. The van der Waals surface area contributed by atoms with Gasteiger partial charge >= 0.3 is 5.97 Å². The maximum atomic E-state index is 12.4. The van der Waals surface area contributed by atoms with Crippen LogP contribution in [0.15, 0.2) is 72.8 Å². The Labute approximate surface area is 174 Å². The molecular formula is C23H21NO6. The second-order valence-electron chi connectivity index (χ2n) is 6.10. The number of methoxy groups -OCH3 is 2. The molecule has 3 aromatic carbocycles. The molecule has 0 heterocycles. The van der Waals surface area contributed by atoms with E-state index in [1.807, 2.05) is 30.3 Å². The molecule has 0 unspecified atom stereocenters. The molecule has 0 aromatic heterocycles. The Balaban J connectivity index is 1.64. The minimum atomic E-state index is -0.699. The first-order chi connectivity index (χ1) is 14.6. The highest BCUT2D eigenvalue weighted by Crippen LogP contribution is 2.29. The predicted molar refractivity (Wildman–Crippen MR) is 111 cm³/mol. The number of ether oxygens (including phenoxy) is 4. The summed E-state index contributed by atoms with van der Waals surface area (Å²) < 4.78 is 21.2. The van der Waals surface area contributed by atoms with Crippen LogP contribution in [0.1, 0.15) is 10.4 Å². The predicted octanol–water partition coefficient (Wildman–Crippen LogP) is 4.29. The number of benzene rings is 3. The summed E-state index contributed by atoms with van der Waals surface area (Å²) in [5.74, 6) is 0.694. The van der Waals surface area contributed by atoms with Crippen LogP contribution < -0.4 is 19.5 Å². The second-order valence-corrected chi connectivity index (χ2v) is 6.10. The largest absolute Gasteiger partial charge is 0.497 e. The van der Waals surface area contributed by atoms with Crippen LogP contribution in [0, 0.1) is 0 Å². The van der Waals surface area contributed by atoms with Gasteiger partial charge in [0, 0.05) is 0 Å². The third-order valence-electron chi connectivity index (χ3n) is 4.09. The molecule has 0 fully saturated rings. The van der Waals surface area contributed by atoms with E-state index in [9.17, 15) is 9.59 Å². The van der Waals surface area contributed by atoms with E-state index in [1.165, 1.54) is 20.3 Å². The molecule has 0 bridgehead atoms. The molecule has 0 aliphatic rings. The van der Waals surface area contributed by atoms with Crippen molar-refractivity contribution in [2.24, 2.45) is 0 Å². The lowest BCUT2D eigenvalue weighted by Gasteiger charge is -2.13. The first-order valence-corrected chi connectivity index (χ1v) is 9.11. The number of carbonyl (C=O) groups excluding carboxylic acids is 2. The van der Waals surface area contributed by atoms with Crippen LogP contribution in [0.5, 0.6) is 23.0 Å². The average Bonchev–Trinajstić information content (AvgIpc) is 2.79. The van der Waals surface area contributed by atoms with E-state index in [0.717, 1.165) is 0 Å². The fourth-order valence-electron chi connectivity index (χ4n) is 2.64. The van der Waals surface area contributed by atoms with E-state index in [0.29, 0.717) is 28.7 Å². The number of hydrogen-bond donors (Lipinski definition) is 1. The third kappa shape index (κ3) is 5.29. The molecule has 1 amide bonds. The van der Waals surface area contributed by atoms with Gasteiger partial charge in [-0.3, -0.25) is 4.79 Å². The molecule has 0 radical (unpaired) electrons. The molecule has 3 rings (SSSR count). The zero-order valence-corrected chi connectivity index (χ0v) is 16.6. The van der Waals surface area contributed by atoms with Crippen molar-refractivity contribution in [1.82, 2.24) is 0 Å². The van der Waals surface area contributed by atoms with Crippen LogP contribution in [0.25, 0.3) is 0 Å². The third-order valence-corrected chi connectivity index (χ3v) is 4.09. The van der Waals surface area contributed by atoms with Gasteiger partial charge in [0.2, 0.25) is 0 Å². The summed E-state index contributed by atoms with van der Waals surface area (Å²) in [6, 6.07) is 20.9. The van der Waals surface area contributed by atoms with Gasteiger partial charge in [-0.1, -0.05) is 30.3 Å². The normalized spacial score (nSPS) is 10.1. The van der Waals surface area contributed by atoms with Crippen LogP contribution in [0.2, 0.25) is 0 Å². The Kier molecular flexibility index (Phi) is 6.89. The Hall–Kier alpha value is -4.00. The van der Waals surface area contributed by atoms with Gasteiger partial charge in [0.1, 0.15) is 22.8 Å². The fraction of sp³-hybridized carbons (Fsp3) is 0.130. The van der Waals surface area contributed by atoms with Gasteiger partial charge in [-0.05, 0) is 42.5 Å². The SMILES string of the molecule is COc1ccc(OC)c(C(=O)OCC(=O)Nc2ccccc2Oc2ccccc2)c1. The van der Waals surface area contributed by atoms with Crippen molar-refractivity contribution >= 4 is 17.6 Å². The molecule has 0 saturated heterocycles. The fourth-order valence-corrected chi connectivity index (χ4v) is 2.64. The van der Waals surface area contributed by atoms with E-state index >= 15 is 0 Å². The van der Waals surface area contributed by atoms with Gasteiger partial charge in [-0.15, -0.1) is 0 Å². The maximum Gasteiger partial charge on any atom is 0.342 e. The monoisotopic (exact) mass is 407 g/mol. The molecule has 0 spiro atoms. The molecule has 30 heavy (non-hydrogen) atoms. The second kappa shape index (κ2) is 9.97. The number of hydrogen-bond acceptors (Lipinski definition) is 6. The molecule has 0 aliphatic heterocycles. The van der Waals surface area contributed by atoms with Gasteiger partial charge in [-0.2, -0.15) is 0 Å². The van der Waals surface area contributed by atoms with Crippen LogP contribution in [-0.2, 0) is 9.53 Å². The summed E-state index contributed by atoms with van der Waals surface area (Å²) >= 11 is 0. The van der Waals surface area contributed by atoms with Crippen molar-refractivity contribution in [3.05, 3.63) is 78.4 Å². The molecule has 7 heteroatoms. The zero-order valence-electron chi connectivity index (χ0n) is 16.6. The summed E-state index contributed by atoms with van der Waals surface area (Å²) in [5, 5.41) is 2.69. The minimum absolute atomic E-state index is 0.164. The number of para-hydroxylation sites is 3. The number of esters is 1. The highest BCUT2D eigenvalue weighted by Gasteiger charge is 2.17. The van der Waals surface area contributed by atoms with Gasteiger partial charge in [0.25, 0.3) is 5.91 Å². The van der Waals surface area contributed by atoms with E-state index in [4.69, 9.17) is 18.9 Å². The van der Waals surface area contributed by atoms with E-state index in [1.54, 1.807) is 36.4 Å². The Morgan fingerprint density at radius 3 is 2.27 bits per heavy atom. The quantitative estimate of drug-likeness (QED) is 0.561. The molecule has 1 N–H and O–H groups in total. The van der Waals surface area contributed by atoms with Crippen molar-refractivity contribution in [2.45, 2.75) is 0 Å². The van der Waals surface area contributed by atoms with Crippen molar-refractivity contribution < 1.29 is 28.5 Å². The summed E-state index contributed by atoms with van der Waals surface area (Å²) in [4.78, 5) is 24.7. The zero-order chi connectivity index (χ0) is 21.3. The Bertz CT molecular complexity index is 1020. The molecular weight excluding hydrogens is 386 g/mol. The molecule has 0 saturated carbocycles. The minimum Gasteiger partial charge on any atom is -0.497 e. The molecule has 154 valence electrons.